The van der Waals surface area contributed by atoms with E-state index in [9.17, 15) is 22.4 Å². The summed E-state index contributed by atoms with van der Waals surface area (Å²) < 4.78 is 54.1. The first kappa shape index (κ1) is 14.5. The minimum Gasteiger partial charge on any atom is -0.435 e. The van der Waals surface area contributed by atoms with Gasteiger partial charge in [-0.05, 0) is 31.0 Å². The van der Waals surface area contributed by atoms with E-state index >= 15 is 0 Å². The summed E-state index contributed by atoms with van der Waals surface area (Å²) in [6, 6.07) is 1.99. The predicted molar refractivity (Wildman–Crippen MR) is 57.4 cm³/mol. The monoisotopic (exact) mass is 264 g/mol. The molecule has 100 valence electrons. The lowest BCUT2D eigenvalue weighted by molar-refractivity contribution is -0.0504. The van der Waals surface area contributed by atoms with E-state index in [0.717, 1.165) is 19.1 Å². The smallest absolute Gasteiger partial charge is 0.387 e. The van der Waals surface area contributed by atoms with Crippen molar-refractivity contribution in [2.24, 2.45) is 0 Å². The number of Topliss-reactive ketones (excluding diaryl/α,β-unsaturated/α-hetero) is 1. The molecule has 0 saturated carbocycles. The zero-order valence-corrected chi connectivity index (χ0v) is 9.84. The molecule has 1 aromatic carbocycles. The van der Waals surface area contributed by atoms with Crippen LogP contribution in [0.15, 0.2) is 12.1 Å². The highest BCUT2D eigenvalue weighted by Gasteiger charge is 2.20. The predicted octanol–water partition coefficient (Wildman–Crippen LogP) is 3.99. The molecule has 0 aliphatic rings. The number of rotatable bonds is 5. The lowest BCUT2D eigenvalue weighted by Gasteiger charge is -2.14. The Bertz CT molecular complexity index is 444. The summed E-state index contributed by atoms with van der Waals surface area (Å²) in [5, 5.41) is 0. The zero-order chi connectivity index (χ0) is 13.9. The van der Waals surface area contributed by atoms with E-state index < -0.39 is 24.4 Å². The molecule has 0 bridgehead atoms. The second kappa shape index (κ2) is 5.84. The van der Waals surface area contributed by atoms with Crippen LogP contribution in [0.2, 0.25) is 0 Å². The number of alkyl halides is 4. The van der Waals surface area contributed by atoms with Gasteiger partial charge in [0.25, 0.3) is 6.43 Å². The highest BCUT2D eigenvalue weighted by molar-refractivity contribution is 5.96. The number of carbonyl (C=O) groups excluding carboxylic acids is 1. The molecule has 0 saturated heterocycles. The SMILES string of the molecule is CCc1cc(C(F)F)c(C(C)=O)cc1OC(F)F. The van der Waals surface area contributed by atoms with Crippen molar-refractivity contribution in [2.45, 2.75) is 33.3 Å². The number of carbonyl (C=O) groups is 1. The summed E-state index contributed by atoms with van der Waals surface area (Å²) in [7, 11) is 0. The zero-order valence-electron chi connectivity index (χ0n) is 9.84. The Morgan fingerprint density at radius 1 is 1.28 bits per heavy atom. The lowest BCUT2D eigenvalue weighted by atomic mass is 9.99. The Morgan fingerprint density at radius 3 is 2.28 bits per heavy atom. The second-order valence-corrected chi connectivity index (χ2v) is 3.64. The second-order valence-electron chi connectivity index (χ2n) is 3.64. The van der Waals surface area contributed by atoms with Crippen molar-refractivity contribution < 1.29 is 27.1 Å². The average molecular weight is 264 g/mol. The molecule has 6 heteroatoms. The van der Waals surface area contributed by atoms with Crippen LogP contribution in [-0.2, 0) is 6.42 Å². The third kappa shape index (κ3) is 3.21. The van der Waals surface area contributed by atoms with E-state index in [2.05, 4.69) is 4.74 Å². The molecule has 0 aliphatic carbocycles. The quantitative estimate of drug-likeness (QED) is 0.593. The van der Waals surface area contributed by atoms with Crippen LogP contribution in [0.25, 0.3) is 0 Å². The van der Waals surface area contributed by atoms with Gasteiger partial charge in [0.1, 0.15) is 5.75 Å². The lowest BCUT2D eigenvalue weighted by Crippen LogP contribution is -2.08. The van der Waals surface area contributed by atoms with Gasteiger partial charge in [-0.2, -0.15) is 8.78 Å². The minimum absolute atomic E-state index is 0.218. The molecular formula is C12H12F4O2. The third-order valence-electron chi connectivity index (χ3n) is 2.44. The maximum Gasteiger partial charge on any atom is 0.387 e. The first-order chi connectivity index (χ1) is 8.36. The van der Waals surface area contributed by atoms with E-state index in [0.29, 0.717) is 0 Å². The molecule has 1 rings (SSSR count). The minimum atomic E-state index is -3.06. The summed E-state index contributed by atoms with van der Waals surface area (Å²) in [6.07, 6.45) is -2.59. The molecule has 0 aromatic heterocycles. The fraction of sp³-hybridized carbons (Fsp3) is 0.417. The molecule has 18 heavy (non-hydrogen) atoms. The molecule has 0 radical (unpaired) electrons. The fourth-order valence-corrected chi connectivity index (χ4v) is 1.61. The molecule has 0 amide bonds. The van der Waals surface area contributed by atoms with Crippen LogP contribution in [0.3, 0.4) is 0 Å². The number of benzene rings is 1. The summed E-state index contributed by atoms with van der Waals surface area (Å²) in [4.78, 5) is 11.2. The molecule has 0 N–H and O–H groups in total. The molecule has 2 nitrogen and oxygen atoms in total. The summed E-state index contributed by atoms with van der Waals surface area (Å²) in [5.41, 5.74) is -0.533. The first-order valence-electron chi connectivity index (χ1n) is 5.27. The molecule has 0 spiro atoms. The van der Waals surface area contributed by atoms with Crippen LogP contribution < -0.4 is 4.74 Å². The van der Waals surface area contributed by atoms with Crippen LogP contribution >= 0.6 is 0 Å². The highest BCUT2D eigenvalue weighted by atomic mass is 19.3. The molecule has 0 fully saturated rings. The van der Waals surface area contributed by atoms with Crippen LogP contribution in [-0.4, -0.2) is 12.4 Å². The standard InChI is InChI=1S/C12H12F4O2/c1-3-7-4-9(11(13)14)8(6(2)17)5-10(7)18-12(15)16/h4-5,11-12H,3H2,1-2H3. The Balaban J connectivity index is 3.36. The summed E-state index contributed by atoms with van der Waals surface area (Å²) >= 11 is 0. The molecule has 1 aromatic rings. The Hall–Kier alpha value is -1.59. The van der Waals surface area contributed by atoms with E-state index in [1.165, 1.54) is 0 Å². The van der Waals surface area contributed by atoms with Gasteiger partial charge in [-0.1, -0.05) is 6.92 Å². The average Bonchev–Trinajstić information content (AvgIpc) is 2.27. The largest absolute Gasteiger partial charge is 0.435 e. The van der Waals surface area contributed by atoms with Crippen molar-refractivity contribution in [3.8, 4) is 5.75 Å². The summed E-state index contributed by atoms with van der Waals surface area (Å²) in [6.45, 7) is -0.345. The van der Waals surface area contributed by atoms with Gasteiger partial charge in [-0.15, -0.1) is 0 Å². The van der Waals surface area contributed by atoms with Crippen molar-refractivity contribution in [3.05, 3.63) is 28.8 Å². The fourth-order valence-electron chi connectivity index (χ4n) is 1.61. The first-order valence-corrected chi connectivity index (χ1v) is 5.27. The van der Waals surface area contributed by atoms with Crippen LogP contribution in [0.4, 0.5) is 17.6 Å². The van der Waals surface area contributed by atoms with Gasteiger partial charge >= 0.3 is 6.61 Å². The van der Waals surface area contributed by atoms with Gasteiger partial charge in [0, 0.05) is 11.1 Å². The van der Waals surface area contributed by atoms with E-state index in [1.807, 2.05) is 0 Å². The summed E-state index contributed by atoms with van der Waals surface area (Å²) in [5.74, 6) is -0.853. The maximum absolute atomic E-state index is 12.8. The van der Waals surface area contributed by atoms with Gasteiger partial charge in [0.2, 0.25) is 0 Å². The van der Waals surface area contributed by atoms with Crippen molar-refractivity contribution in [3.63, 3.8) is 0 Å². The Labute approximate surface area is 102 Å². The van der Waals surface area contributed by atoms with Gasteiger partial charge in [-0.25, -0.2) is 8.78 Å². The van der Waals surface area contributed by atoms with E-state index in [4.69, 9.17) is 0 Å². The number of halogens is 4. The van der Waals surface area contributed by atoms with Gasteiger partial charge in [0.15, 0.2) is 5.78 Å². The number of hydrogen-bond donors (Lipinski definition) is 0. The van der Waals surface area contributed by atoms with Crippen LogP contribution in [0.1, 0.15) is 41.8 Å². The molecule has 0 aliphatic heterocycles. The number of ketones is 1. The highest BCUT2D eigenvalue weighted by Crippen LogP contribution is 2.31. The Morgan fingerprint density at radius 2 is 1.89 bits per heavy atom. The topological polar surface area (TPSA) is 26.3 Å². The molecule has 0 atom stereocenters. The van der Waals surface area contributed by atoms with Gasteiger partial charge in [0.05, 0.1) is 0 Å². The van der Waals surface area contributed by atoms with Crippen molar-refractivity contribution >= 4 is 5.78 Å². The van der Waals surface area contributed by atoms with Crippen molar-refractivity contribution in [1.29, 1.82) is 0 Å². The van der Waals surface area contributed by atoms with Crippen LogP contribution in [0.5, 0.6) is 5.75 Å². The third-order valence-corrected chi connectivity index (χ3v) is 2.44. The Kier molecular flexibility index (Phi) is 4.69. The van der Waals surface area contributed by atoms with E-state index in [1.54, 1.807) is 6.92 Å². The maximum atomic E-state index is 12.8. The van der Waals surface area contributed by atoms with Crippen molar-refractivity contribution in [2.75, 3.05) is 0 Å². The number of hydrogen-bond acceptors (Lipinski definition) is 2. The molecule has 0 heterocycles. The number of ether oxygens (including phenoxy) is 1. The van der Waals surface area contributed by atoms with Crippen LogP contribution in [0, 0.1) is 0 Å². The van der Waals surface area contributed by atoms with Gasteiger partial charge < -0.3 is 4.74 Å². The molecular weight excluding hydrogens is 252 g/mol. The molecule has 0 unspecified atom stereocenters. The number of aryl methyl sites for hydroxylation is 1. The van der Waals surface area contributed by atoms with Gasteiger partial charge in [-0.3, -0.25) is 4.79 Å². The normalized spacial score (nSPS) is 11.1. The van der Waals surface area contributed by atoms with Crippen molar-refractivity contribution in [1.82, 2.24) is 0 Å². The van der Waals surface area contributed by atoms with E-state index in [-0.39, 0.29) is 23.3 Å².